The molecule has 5 rings (SSSR count). The minimum atomic E-state index is -0.561. The Balaban J connectivity index is 1.61. The van der Waals surface area contributed by atoms with Crippen molar-refractivity contribution in [2.75, 3.05) is 5.73 Å². The van der Waals surface area contributed by atoms with Crippen LogP contribution >= 0.6 is 27.3 Å². The van der Waals surface area contributed by atoms with Crippen LogP contribution in [-0.2, 0) is 11.3 Å². The van der Waals surface area contributed by atoms with E-state index in [-0.39, 0.29) is 17.7 Å². The van der Waals surface area contributed by atoms with Crippen molar-refractivity contribution in [3.05, 3.63) is 94.6 Å². The molecule has 10 heteroatoms. The van der Waals surface area contributed by atoms with Gasteiger partial charge in [-0.15, -0.1) is 11.3 Å². The number of amides is 1. The molecule has 0 aliphatic heterocycles. The van der Waals surface area contributed by atoms with Gasteiger partial charge in [0.05, 0.1) is 9.17 Å². The molecule has 196 valence electrons. The molecule has 0 saturated carbocycles. The van der Waals surface area contributed by atoms with Crippen LogP contribution in [0.5, 0.6) is 11.8 Å². The molecule has 0 fully saturated rings. The summed E-state index contributed by atoms with van der Waals surface area (Å²) in [7, 11) is 0. The molecule has 0 saturated heterocycles. The van der Waals surface area contributed by atoms with Crippen molar-refractivity contribution in [2.24, 2.45) is 0 Å². The normalized spacial score (nSPS) is 11.0. The molecule has 39 heavy (non-hydrogen) atoms. The number of benzene rings is 2. The molecule has 0 atom stereocenters. The molecule has 3 N–H and O–H groups in total. The van der Waals surface area contributed by atoms with Gasteiger partial charge in [0.2, 0.25) is 5.91 Å². The number of rotatable bonds is 7. The number of hydrogen-bond acceptors (Lipinski definition) is 7. The van der Waals surface area contributed by atoms with Gasteiger partial charge in [-0.1, -0.05) is 30.8 Å². The van der Waals surface area contributed by atoms with Gasteiger partial charge in [0.1, 0.15) is 5.82 Å². The average molecular weight is 605 g/mol. The van der Waals surface area contributed by atoms with Crippen molar-refractivity contribution in [3.63, 3.8) is 0 Å². The molecule has 2 aromatic carbocycles. The second kappa shape index (κ2) is 10.9. The fourth-order valence-corrected chi connectivity index (χ4v) is 6.09. The van der Waals surface area contributed by atoms with Crippen LogP contribution in [0.2, 0.25) is 0 Å². The number of carbonyl (C=O) groups excluding carboxylic acids is 1. The van der Waals surface area contributed by atoms with E-state index >= 15 is 4.39 Å². The van der Waals surface area contributed by atoms with E-state index in [4.69, 9.17) is 10.5 Å². The number of nitrogens with two attached hydrogens (primary N) is 1. The third-order valence-corrected chi connectivity index (χ3v) is 8.20. The Hall–Kier alpha value is -4.15. The summed E-state index contributed by atoms with van der Waals surface area (Å²) in [4.78, 5) is 25.1. The lowest BCUT2D eigenvalue weighted by Gasteiger charge is -2.12. The Morgan fingerprint density at radius 2 is 2.03 bits per heavy atom. The number of carbonyl (C=O) groups is 1. The van der Waals surface area contributed by atoms with Gasteiger partial charge in [0.25, 0.3) is 0 Å². The summed E-state index contributed by atoms with van der Waals surface area (Å²) in [6, 6.07) is 12.5. The topological polar surface area (TPSA) is 103 Å². The third-order valence-electron chi connectivity index (χ3n) is 6.08. The minimum absolute atomic E-state index is 0.0137. The maximum Gasteiger partial charge on any atom is 0.322 e. The molecule has 0 bridgehead atoms. The van der Waals surface area contributed by atoms with Gasteiger partial charge in [-0.25, -0.2) is 19.3 Å². The van der Waals surface area contributed by atoms with Crippen molar-refractivity contribution in [2.45, 2.75) is 20.4 Å². The first-order valence-corrected chi connectivity index (χ1v) is 13.5. The lowest BCUT2D eigenvalue weighted by molar-refractivity contribution is -0.116. The second-order valence-corrected chi connectivity index (χ2v) is 10.7. The van der Waals surface area contributed by atoms with Gasteiger partial charge in [0, 0.05) is 40.5 Å². The van der Waals surface area contributed by atoms with Crippen molar-refractivity contribution in [1.29, 1.82) is 0 Å². The summed E-state index contributed by atoms with van der Waals surface area (Å²) < 4.78 is 22.7. The molecule has 0 aliphatic rings. The van der Waals surface area contributed by atoms with E-state index in [9.17, 15) is 4.79 Å². The van der Waals surface area contributed by atoms with Crippen LogP contribution in [-0.4, -0.2) is 20.9 Å². The Morgan fingerprint density at radius 1 is 1.21 bits per heavy atom. The first-order valence-electron chi connectivity index (χ1n) is 11.9. The molecular formula is C29H23BrFN5O2S. The number of hydrogen-bond donors (Lipinski definition) is 2. The molecule has 1 amide bonds. The standard InChI is InChI=1S/C29H23BrFN5O2S/c1-4-23(37)34-13-17-5-7-19(15(2)11-17)26-24(25-27(39-26)20(30)14-35-28(25)32)18-6-8-22(21(31)12-18)38-29-33-10-9-16(3)36-29/h4-12,14H,1,13H2,2-3H3,(H2,32,35)(H,34,37). The lowest BCUT2D eigenvalue weighted by Crippen LogP contribution is -2.19. The summed E-state index contributed by atoms with van der Waals surface area (Å²) >= 11 is 5.14. The van der Waals surface area contributed by atoms with E-state index < -0.39 is 5.82 Å². The van der Waals surface area contributed by atoms with Crippen molar-refractivity contribution in [3.8, 4) is 33.3 Å². The number of ether oxygens (including phenoxy) is 1. The third kappa shape index (κ3) is 5.39. The van der Waals surface area contributed by atoms with E-state index in [1.54, 1.807) is 48.9 Å². The van der Waals surface area contributed by atoms with E-state index in [0.717, 1.165) is 41.7 Å². The van der Waals surface area contributed by atoms with Crippen LogP contribution < -0.4 is 15.8 Å². The van der Waals surface area contributed by atoms with Crippen LogP contribution in [0.3, 0.4) is 0 Å². The highest BCUT2D eigenvalue weighted by Gasteiger charge is 2.22. The van der Waals surface area contributed by atoms with Gasteiger partial charge < -0.3 is 15.8 Å². The zero-order valence-electron chi connectivity index (χ0n) is 21.1. The molecule has 0 spiro atoms. The number of pyridine rings is 1. The van der Waals surface area contributed by atoms with Crippen LogP contribution in [0, 0.1) is 19.7 Å². The highest BCUT2D eigenvalue weighted by Crippen LogP contribution is 2.49. The predicted octanol–water partition coefficient (Wildman–Crippen LogP) is 7.12. The highest BCUT2D eigenvalue weighted by atomic mass is 79.9. The van der Waals surface area contributed by atoms with Crippen LogP contribution in [0.4, 0.5) is 10.2 Å². The van der Waals surface area contributed by atoms with E-state index in [1.807, 2.05) is 25.1 Å². The Bertz CT molecular complexity index is 1750. The monoisotopic (exact) mass is 603 g/mol. The Labute approximate surface area is 236 Å². The lowest BCUT2D eigenvalue weighted by atomic mass is 9.96. The summed E-state index contributed by atoms with van der Waals surface area (Å²) in [5.41, 5.74) is 11.4. The smallest absolute Gasteiger partial charge is 0.322 e. The first-order chi connectivity index (χ1) is 18.7. The van der Waals surface area contributed by atoms with Gasteiger partial charge >= 0.3 is 6.01 Å². The number of halogens is 2. The van der Waals surface area contributed by atoms with Crippen LogP contribution in [0.15, 0.2) is 72.0 Å². The number of thiophene rings is 1. The van der Waals surface area contributed by atoms with Crippen molar-refractivity contribution in [1.82, 2.24) is 20.3 Å². The van der Waals surface area contributed by atoms with E-state index in [1.165, 1.54) is 12.1 Å². The highest BCUT2D eigenvalue weighted by molar-refractivity contribution is 9.10. The maximum absolute atomic E-state index is 15.4. The summed E-state index contributed by atoms with van der Waals surface area (Å²) in [6.45, 7) is 7.67. The van der Waals surface area contributed by atoms with Crippen molar-refractivity contribution < 1.29 is 13.9 Å². The van der Waals surface area contributed by atoms with Gasteiger partial charge in [0.15, 0.2) is 11.6 Å². The summed E-state index contributed by atoms with van der Waals surface area (Å²) in [5, 5.41) is 3.53. The minimum Gasteiger partial charge on any atom is -0.421 e. The quantitative estimate of drug-likeness (QED) is 0.192. The average Bonchev–Trinajstić information content (AvgIpc) is 3.32. The number of anilines is 1. The second-order valence-electron chi connectivity index (χ2n) is 8.80. The zero-order valence-corrected chi connectivity index (χ0v) is 23.5. The summed E-state index contributed by atoms with van der Waals surface area (Å²) in [5.74, 6) is -0.435. The van der Waals surface area contributed by atoms with Crippen LogP contribution in [0.1, 0.15) is 16.8 Å². The van der Waals surface area contributed by atoms with E-state index in [2.05, 4.69) is 42.8 Å². The number of aromatic nitrogens is 3. The fourth-order valence-electron chi connectivity index (χ4n) is 4.22. The molecule has 0 aliphatic carbocycles. The molecule has 5 aromatic rings. The predicted molar refractivity (Wildman–Crippen MR) is 156 cm³/mol. The van der Waals surface area contributed by atoms with Gasteiger partial charge in [-0.3, -0.25) is 4.79 Å². The largest absolute Gasteiger partial charge is 0.421 e. The molecule has 0 unspecified atom stereocenters. The Kier molecular flexibility index (Phi) is 7.40. The zero-order chi connectivity index (χ0) is 27.7. The molecular weight excluding hydrogens is 581 g/mol. The van der Waals surface area contributed by atoms with Gasteiger partial charge in [-0.2, -0.15) is 0 Å². The number of fused-ring (bicyclic) bond motifs is 1. The van der Waals surface area contributed by atoms with E-state index in [0.29, 0.717) is 23.6 Å². The first kappa shape index (κ1) is 26.5. The fraction of sp³-hybridized carbons (Fsp3) is 0.103. The molecule has 0 radical (unpaired) electrons. The number of aryl methyl sites for hydroxylation is 2. The SMILES string of the molecule is C=CC(=O)NCc1ccc(-c2sc3c(Br)cnc(N)c3c2-c2ccc(Oc3nccc(C)n3)c(F)c2)c(C)c1. The number of nitrogen functional groups attached to an aromatic ring is 1. The van der Waals surface area contributed by atoms with Crippen molar-refractivity contribution >= 4 is 49.1 Å². The van der Waals surface area contributed by atoms with Crippen LogP contribution in [0.25, 0.3) is 31.7 Å². The molecule has 3 aromatic heterocycles. The maximum atomic E-state index is 15.4. The Morgan fingerprint density at radius 3 is 2.74 bits per heavy atom. The van der Waals surface area contributed by atoms with Gasteiger partial charge in [-0.05, 0) is 76.3 Å². The summed E-state index contributed by atoms with van der Waals surface area (Å²) in [6.07, 6.45) is 4.46. The molecule has 7 nitrogen and oxygen atoms in total. The number of nitrogens with zero attached hydrogens (tertiary/aromatic N) is 3. The number of nitrogens with one attached hydrogen (secondary N) is 1. The molecule has 3 heterocycles.